The molecule has 0 aliphatic heterocycles. The first kappa shape index (κ1) is 18.5. The second kappa shape index (κ2) is 6.98. The van der Waals surface area contributed by atoms with Gasteiger partial charge in [0.1, 0.15) is 5.82 Å². The number of benzene rings is 2. The molecule has 24 heavy (non-hydrogen) atoms. The standard InChI is InChI=1S/C15H17FN2O4S2/c1-11-2-5-13(16)10-15(11)24(21,22)18-9-8-12-3-6-14(7-4-12)23(17,19)20/h2-7,10,18H,8-9H2,1H3,(H2,17,19,20). The highest BCUT2D eigenvalue weighted by Crippen LogP contribution is 2.16. The molecule has 2 aromatic rings. The Bertz CT molecular complexity index is 940. The molecule has 0 unspecified atom stereocenters. The first-order chi connectivity index (χ1) is 11.1. The van der Waals surface area contributed by atoms with Crippen LogP contribution in [0.1, 0.15) is 11.1 Å². The van der Waals surface area contributed by atoms with Crippen LogP contribution in [0, 0.1) is 12.7 Å². The predicted molar refractivity (Wildman–Crippen MR) is 87.8 cm³/mol. The number of primary sulfonamides is 1. The fraction of sp³-hybridized carbons (Fsp3) is 0.200. The Balaban J connectivity index is 2.04. The van der Waals surface area contributed by atoms with E-state index in [2.05, 4.69) is 4.72 Å². The lowest BCUT2D eigenvalue weighted by Crippen LogP contribution is -2.26. The highest BCUT2D eigenvalue weighted by molar-refractivity contribution is 7.89. The van der Waals surface area contributed by atoms with Gasteiger partial charge in [0.25, 0.3) is 0 Å². The summed E-state index contributed by atoms with van der Waals surface area (Å²) in [5, 5.41) is 5.00. The van der Waals surface area contributed by atoms with E-state index in [0.29, 0.717) is 12.0 Å². The van der Waals surface area contributed by atoms with Gasteiger partial charge < -0.3 is 0 Å². The van der Waals surface area contributed by atoms with Gasteiger partial charge >= 0.3 is 0 Å². The number of nitrogens with two attached hydrogens (primary N) is 1. The van der Waals surface area contributed by atoms with Crippen LogP contribution < -0.4 is 9.86 Å². The molecule has 0 aromatic heterocycles. The molecule has 0 heterocycles. The van der Waals surface area contributed by atoms with E-state index in [-0.39, 0.29) is 16.3 Å². The quantitative estimate of drug-likeness (QED) is 0.797. The highest BCUT2D eigenvalue weighted by Gasteiger charge is 2.17. The maximum atomic E-state index is 13.2. The Hall–Kier alpha value is -1.81. The van der Waals surface area contributed by atoms with Gasteiger partial charge in [0, 0.05) is 6.54 Å². The Kier molecular flexibility index (Phi) is 5.38. The molecule has 0 saturated carbocycles. The third-order valence-electron chi connectivity index (χ3n) is 3.40. The fourth-order valence-corrected chi connectivity index (χ4v) is 3.92. The summed E-state index contributed by atoms with van der Waals surface area (Å²) in [7, 11) is -7.58. The topological polar surface area (TPSA) is 106 Å². The van der Waals surface area contributed by atoms with Crippen LogP contribution in [-0.2, 0) is 26.5 Å². The molecule has 0 spiro atoms. The smallest absolute Gasteiger partial charge is 0.225 e. The van der Waals surface area contributed by atoms with E-state index in [1.165, 1.54) is 24.3 Å². The average Bonchev–Trinajstić information content (AvgIpc) is 2.49. The van der Waals surface area contributed by atoms with Crippen LogP contribution in [0.4, 0.5) is 4.39 Å². The summed E-state index contributed by atoms with van der Waals surface area (Å²) in [5.41, 5.74) is 1.18. The van der Waals surface area contributed by atoms with Crippen molar-refractivity contribution in [3.8, 4) is 0 Å². The van der Waals surface area contributed by atoms with Crippen LogP contribution in [0.2, 0.25) is 0 Å². The van der Waals surface area contributed by atoms with Crippen molar-refractivity contribution in [1.82, 2.24) is 4.72 Å². The summed E-state index contributed by atoms with van der Waals surface area (Å²) in [6.07, 6.45) is 0.346. The van der Waals surface area contributed by atoms with Gasteiger partial charge in [0.15, 0.2) is 0 Å². The zero-order valence-corrected chi connectivity index (χ0v) is 14.5. The maximum absolute atomic E-state index is 13.2. The number of aryl methyl sites for hydroxylation is 1. The molecule has 9 heteroatoms. The molecule has 2 rings (SSSR count). The molecule has 0 bridgehead atoms. The van der Waals surface area contributed by atoms with E-state index in [4.69, 9.17) is 5.14 Å². The molecule has 130 valence electrons. The van der Waals surface area contributed by atoms with Crippen molar-refractivity contribution < 1.29 is 21.2 Å². The van der Waals surface area contributed by atoms with Gasteiger partial charge in [0.2, 0.25) is 20.0 Å². The number of nitrogens with one attached hydrogen (secondary N) is 1. The van der Waals surface area contributed by atoms with E-state index in [9.17, 15) is 21.2 Å². The van der Waals surface area contributed by atoms with Crippen molar-refractivity contribution >= 4 is 20.0 Å². The molecular weight excluding hydrogens is 355 g/mol. The van der Waals surface area contributed by atoms with E-state index < -0.39 is 25.9 Å². The number of rotatable bonds is 6. The van der Waals surface area contributed by atoms with Crippen LogP contribution in [0.25, 0.3) is 0 Å². The minimum atomic E-state index is -3.82. The molecule has 0 amide bonds. The van der Waals surface area contributed by atoms with Crippen LogP contribution in [0.5, 0.6) is 0 Å². The lowest BCUT2D eigenvalue weighted by Gasteiger charge is -2.09. The second-order valence-corrected chi connectivity index (χ2v) is 8.54. The molecule has 3 N–H and O–H groups in total. The van der Waals surface area contributed by atoms with Crippen molar-refractivity contribution in [1.29, 1.82) is 0 Å². The molecular formula is C15H17FN2O4S2. The average molecular weight is 372 g/mol. The van der Waals surface area contributed by atoms with Crippen molar-refractivity contribution in [3.05, 3.63) is 59.4 Å². The van der Waals surface area contributed by atoms with E-state index in [1.54, 1.807) is 19.1 Å². The van der Waals surface area contributed by atoms with Crippen molar-refractivity contribution in [2.24, 2.45) is 5.14 Å². The van der Waals surface area contributed by atoms with Crippen LogP contribution in [0.15, 0.2) is 52.3 Å². The third kappa shape index (κ3) is 4.60. The number of halogens is 1. The summed E-state index contributed by atoms with van der Waals surface area (Å²) in [6.45, 7) is 1.67. The van der Waals surface area contributed by atoms with Gasteiger partial charge in [-0.2, -0.15) is 0 Å². The summed E-state index contributed by atoms with van der Waals surface area (Å²) in [4.78, 5) is -0.116. The normalized spacial score (nSPS) is 12.3. The molecule has 0 aliphatic rings. The molecule has 2 aromatic carbocycles. The van der Waals surface area contributed by atoms with Crippen LogP contribution in [0.3, 0.4) is 0 Å². The summed E-state index contributed by atoms with van der Waals surface area (Å²) >= 11 is 0. The Morgan fingerprint density at radius 3 is 2.25 bits per heavy atom. The molecule has 6 nitrogen and oxygen atoms in total. The summed E-state index contributed by atoms with van der Waals surface area (Å²) < 4.78 is 62.4. The minimum absolute atomic E-state index is 0.0118. The van der Waals surface area contributed by atoms with Gasteiger partial charge in [-0.3, -0.25) is 0 Å². The summed E-state index contributed by atoms with van der Waals surface area (Å²) in [6, 6.07) is 9.39. The number of sulfonamides is 2. The van der Waals surface area contributed by atoms with Gasteiger partial charge in [0.05, 0.1) is 9.79 Å². The maximum Gasteiger partial charge on any atom is 0.240 e. The van der Waals surface area contributed by atoms with Gasteiger partial charge in [-0.15, -0.1) is 0 Å². The van der Waals surface area contributed by atoms with E-state index >= 15 is 0 Å². The van der Waals surface area contributed by atoms with Gasteiger partial charge in [-0.05, 0) is 48.7 Å². The van der Waals surface area contributed by atoms with Gasteiger partial charge in [-0.1, -0.05) is 18.2 Å². The molecule has 0 saturated heterocycles. The SMILES string of the molecule is Cc1ccc(F)cc1S(=O)(=O)NCCc1ccc(S(N)(=O)=O)cc1. The predicted octanol–water partition coefficient (Wildman–Crippen LogP) is 1.30. The van der Waals surface area contributed by atoms with Crippen LogP contribution >= 0.6 is 0 Å². The molecule has 0 radical (unpaired) electrons. The minimum Gasteiger partial charge on any atom is -0.225 e. The number of hydrogen-bond donors (Lipinski definition) is 2. The zero-order valence-electron chi connectivity index (χ0n) is 12.9. The van der Waals surface area contributed by atoms with Crippen LogP contribution in [-0.4, -0.2) is 23.4 Å². The highest BCUT2D eigenvalue weighted by atomic mass is 32.2. The molecule has 0 fully saturated rings. The summed E-state index contributed by atoms with van der Waals surface area (Å²) in [5.74, 6) is -0.625. The lowest BCUT2D eigenvalue weighted by atomic mass is 10.2. The lowest BCUT2D eigenvalue weighted by molar-refractivity contribution is 0.576. The number of hydrogen-bond acceptors (Lipinski definition) is 4. The zero-order chi connectivity index (χ0) is 18.0. The first-order valence-electron chi connectivity index (χ1n) is 6.97. The Morgan fingerprint density at radius 2 is 1.67 bits per heavy atom. The Morgan fingerprint density at radius 1 is 1.04 bits per heavy atom. The molecule has 0 aliphatic carbocycles. The van der Waals surface area contributed by atoms with Crippen molar-refractivity contribution in [2.45, 2.75) is 23.1 Å². The fourth-order valence-electron chi connectivity index (χ4n) is 2.12. The second-order valence-electron chi connectivity index (χ2n) is 5.25. The van der Waals surface area contributed by atoms with E-state index in [1.807, 2.05) is 0 Å². The van der Waals surface area contributed by atoms with Gasteiger partial charge in [-0.25, -0.2) is 31.1 Å². The molecule has 0 atom stereocenters. The van der Waals surface area contributed by atoms with Crippen molar-refractivity contribution in [2.75, 3.05) is 6.54 Å². The van der Waals surface area contributed by atoms with Crippen molar-refractivity contribution in [3.63, 3.8) is 0 Å². The van der Waals surface area contributed by atoms with E-state index in [0.717, 1.165) is 11.6 Å². The monoisotopic (exact) mass is 372 g/mol. The first-order valence-corrected chi connectivity index (χ1v) is 10.00. The Labute approximate surface area is 140 Å². The largest absolute Gasteiger partial charge is 0.240 e. The third-order valence-corrected chi connectivity index (χ3v) is 5.93.